The third-order valence-electron chi connectivity index (χ3n) is 5.79. The first-order valence-corrected chi connectivity index (χ1v) is 9.85. The van der Waals surface area contributed by atoms with E-state index >= 15 is 0 Å². The number of rotatable bonds is 4. The van der Waals surface area contributed by atoms with Gasteiger partial charge in [0.25, 0.3) is 6.43 Å². The van der Waals surface area contributed by atoms with E-state index in [4.69, 9.17) is 0 Å². The fourth-order valence-corrected chi connectivity index (χ4v) is 4.38. The number of aliphatic imine (C=N–C) groups is 1. The lowest BCUT2D eigenvalue weighted by atomic mass is 10.1. The minimum Gasteiger partial charge on any atom is -0.307 e. The SMILES string of the molecule is Cc1nc2ccc(-c3ccn4c3C=NCN4[C@H]3CN(C)C[C@H]3F)nc2n1CC(F)F. The van der Waals surface area contributed by atoms with Crippen LogP contribution in [-0.4, -0.2) is 75.8 Å². The molecule has 0 aliphatic carbocycles. The van der Waals surface area contributed by atoms with E-state index in [0.717, 1.165) is 11.3 Å². The quantitative estimate of drug-likeness (QED) is 0.655. The number of halogens is 3. The molecule has 0 spiro atoms. The van der Waals surface area contributed by atoms with Crippen molar-refractivity contribution in [1.29, 1.82) is 0 Å². The predicted octanol–water partition coefficient (Wildman–Crippen LogP) is 2.45. The Balaban J connectivity index is 1.55. The second-order valence-electron chi connectivity index (χ2n) is 7.86. The fourth-order valence-electron chi connectivity index (χ4n) is 4.38. The molecule has 7 nitrogen and oxygen atoms in total. The van der Waals surface area contributed by atoms with Gasteiger partial charge in [0, 0.05) is 31.1 Å². The van der Waals surface area contributed by atoms with E-state index < -0.39 is 19.1 Å². The summed E-state index contributed by atoms with van der Waals surface area (Å²) < 4.78 is 43.9. The smallest absolute Gasteiger partial charge is 0.256 e. The molecule has 30 heavy (non-hydrogen) atoms. The highest BCUT2D eigenvalue weighted by Crippen LogP contribution is 2.28. The van der Waals surface area contributed by atoms with Crippen LogP contribution in [0.3, 0.4) is 0 Å². The van der Waals surface area contributed by atoms with Crippen LogP contribution in [0, 0.1) is 6.92 Å². The van der Waals surface area contributed by atoms with Gasteiger partial charge < -0.3 is 9.47 Å². The Hall–Kier alpha value is -2.88. The molecule has 0 radical (unpaired) electrons. The van der Waals surface area contributed by atoms with Crippen LogP contribution >= 0.6 is 0 Å². The molecule has 0 saturated carbocycles. The van der Waals surface area contributed by atoms with Crippen LogP contribution in [0.2, 0.25) is 0 Å². The van der Waals surface area contributed by atoms with Crippen molar-refractivity contribution in [2.24, 2.45) is 4.99 Å². The first kappa shape index (κ1) is 19.1. The van der Waals surface area contributed by atoms with Crippen molar-refractivity contribution in [3.05, 3.63) is 35.9 Å². The van der Waals surface area contributed by atoms with Crippen LogP contribution in [-0.2, 0) is 6.54 Å². The van der Waals surface area contributed by atoms with Crippen LogP contribution in [0.15, 0.2) is 29.4 Å². The number of nitrogens with zero attached hydrogens (tertiary/aromatic N) is 7. The van der Waals surface area contributed by atoms with Crippen molar-refractivity contribution in [2.75, 3.05) is 31.8 Å². The summed E-state index contributed by atoms with van der Waals surface area (Å²) in [4.78, 5) is 15.4. The highest BCUT2D eigenvalue weighted by molar-refractivity contribution is 5.90. The number of fused-ring (bicyclic) bond motifs is 2. The summed E-state index contributed by atoms with van der Waals surface area (Å²) in [6.07, 6.45) is 0.190. The van der Waals surface area contributed by atoms with Gasteiger partial charge in [0.15, 0.2) is 5.65 Å². The Morgan fingerprint density at radius 2 is 2.00 bits per heavy atom. The maximum absolute atomic E-state index is 14.5. The van der Waals surface area contributed by atoms with Crippen LogP contribution in [0.25, 0.3) is 22.4 Å². The summed E-state index contributed by atoms with van der Waals surface area (Å²) >= 11 is 0. The number of aryl methyl sites for hydroxylation is 1. The molecule has 5 rings (SSSR count). The van der Waals surface area contributed by atoms with Crippen molar-refractivity contribution in [3.8, 4) is 11.3 Å². The van der Waals surface area contributed by atoms with Crippen molar-refractivity contribution in [3.63, 3.8) is 0 Å². The van der Waals surface area contributed by atoms with Crippen molar-refractivity contribution in [1.82, 2.24) is 24.1 Å². The predicted molar refractivity (Wildman–Crippen MR) is 109 cm³/mol. The number of alkyl halides is 3. The van der Waals surface area contributed by atoms with Crippen molar-refractivity contribution >= 4 is 17.4 Å². The average molecular weight is 417 g/mol. The number of hydrogen-bond acceptors (Lipinski definition) is 5. The Morgan fingerprint density at radius 3 is 2.73 bits per heavy atom. The van der Waals surface area contributed by atoms with E-state index in [9.17, 15) is 13.2 Å². The Morgan fingerprint density at radius 1 is 1.17 bits per heavy atom. The second-order valence-corrected chi connectivity index (χ2v) is 7.86. The summed E-state index contributed by atoms with van der Waals surface area (Å²) in [5, 5.41) is 1.93. The van der Waals surface area contributed by atoms with Crippen molar-refractivity contribution < 1.29 is 13.2 Å². The van der Waals surface area contributed by atoms with Gasteiger partial charge in [-0.3, -0.25) is 14.7 Å². The molecule has 2 aliphatic rings. The number of pyridine rings is 1. The van der Waals surface area contributed by atoms with E-state index in [2.05, 4.69) is 15.0 Å². The fraction of sp³-hybridized carbons (Fsp3) is 0.450. The first-order chi connectivity index (χ1) is 14.4. The van der Waals surface area contributed by atoms with Crippen LogP contribution in [0.4, 0.5) is 13.2 Å². The van der Waals surface area contributed by atoms with Gasteiger partial charge in [-0.2, -0.15) is 0 Å². The van der Waals surface area contributed by atoms with Gasteiger partial charge in [0.05, 0.1) is 24.0 Å². The van der Waals surface area contributed by atoms with E-state index in [1.54, 1.807) is 19.2 Å². The van der Waals surface area contributed by atoms with Crippen LogP contribution in [0.1, 0.15) is 11.5 Å². The molecule has 1 saturated heterocycles. The standard InChI is InChI=1S/C20H22F3N7/c1-12-25-16-4-3-15(26-20(16)28(12)10-19(22)23)13-5-6-29-17(13)7-24-11-30(29)18-9-27(2)8-14(18)21/h3-7,14,18-19H,8-11H2,1-2H3/t14-,18+/m1/s1. The lowest BCUT2D eigenvalue weighted by molar-refractivity contribution is 0.127. The van der Waals surface area contributed by atoms with Crippen molar-refractivity contribution in [2.45, 2.75) is 32.1 Å². The number of aromatic nitrogens is 4. The molecule has 158 valence electrons. The zero-order valence-electron chi connectivity index (χ0n) is 16.7. The average Bonchev–Trinajstić information content (AvgIpc) is 3.36. The summed E-state index contributed by atoms with van der Waals surface area (Å²) in [5.41, 5.74) is 3.26. The lowest BCUT2D eigenvalue weighted by Crippen LogP contribution is -2.50. The molecule has 3 aromatic rings. The summed E-state index contributed by atoms with van der Waals surface area (Å²) in [6.45, 7) is 2.66. The zero-order chi connectivity index (χ0) is 21.0. The highest BCUT2D eigenvalue weighted by atomic mass is 19.3. The lowest BCUT2D eigenvalue weighted by Gasteiger charge is -2.34. The van der Waals surface area contributed by atoms with E-state index in [1.165, 1.54) is 4.57 Å². The minimum absolute atomic E-state index is 0.281. The third kappa shape index (κ3) is 3.06. The monoisotopic (exact) mass is 417 g/mol. The van der Waals surface area contributed by atoms with Gasteiger partial charge >= 0.3 is 0 Å². The topological polar surface area (TPSA) is 54.5 Å². The molecule has 0 unspecified atom stereocenters. The number of hydrogen-bond donors (Lipinski definition) is 0. The number of likely N-dealkylation sites (tertiary alicyclic amines) is 1. The Kier molecular flexibility index (Phi) is 4.53. The first-order valence-electron chi connectivity index (χ1n) is 9.85. The zero-order valence-corrected chi connectivity index (χ0v) is 16.7. The maximum Gasteiger partial charge on any atom is 0.256 e. The van der Waals surface area contributed by atoms with Gasteiger partial charge in [-0.15, -0.1) is 0 Å². The summed E-state index contributed by atoms with van der Waals surface area (Å²) in [7, 11) is 1.91. The molecule has 2 aliphatic heterocycles. The molecule has 1 fully saturated rings. The van der Waals surface area contributed by atoms with Gasteiger partial charge in [-0.05, 0) is 32.2 Å². The van der Waals surface area contributed by atoms with Gasteiger partial charge in [-0.1, -0.05) is 0 Å². The van der Waals surface area contributed by atoms with E-state index in [1.807, 2.05) is 40.0 Å². The molecule has 5 heterocycles. The molecule has 0 aromatic carbocycles. The molecular formula is C20H22F3N7. The molecule has 10 heteroatoms. The van der Waals surface area contributed by atoms with Gasteiger partial charge in [-0.25, -0.2) is 23.1 Å². The number of imidazole rings is 1. The summed E-state index contributed by atoms with van der Waals surface area (Å²) in [5.74, 6) is 0.501. The molecule has 2 atom stereocenters. The molecule has 0 amide bonds. The van der Waals surface area contributed by atoms with Gasteiger partial charge in [0.2, 0.25) is 0 Å². The van der Waals surface area contributed by atoms with Crippen LogP contribution < -0.4 is 5.01 Å². The Bertz CT molecular complexity index is 1120. The second kappa shape index (κ2) is 7.12. The molecule has 3 aromatic heterocycles. The normalized spacial score (nSPS) is 21.9. The van der Waals surface area contributed by atoms with Gasteiger partial charge in [0.1, 0.15) is 24.2 Å². The minimum atomic E-state index is -2.49. The van der Waals surface area contributed by atoms with Crippen LogP contribution in [0.5, 0.6) is 0 Å². The maximum atomic E-state index is 14.5. The molecular weight excluding hydrogens is 395 g/mol. The summed E-state index contributed by atoms with van der Waals surface area (Å²) in [6, 6.07) is 5.24. The Labute approximate surface area is 171 Å². The van der Waals surface area contributed by atoms with E-state index in [-0.39, 0.29) is 6.04 Å². The van der Waals surface area contributed by atoms with E-state index in [0.29, 0.717) is 42.4 Å². The number of likely N-dealkylation sites (N-methyl/N-ethyl adjacent to an activating group) is 1. The highest BCUT2D eigenvalue weighted by Gasteiger charge is 2.37. The molecule has 0 bridgehead atoms. The molecule has 0 N–H and O–H groups in total. The third-order valence-corrected chi connectivity index (χ3v) is 5.79. The largest absolute Gasteiger partial charge is 0.307 e.